The molecule has 1 saturated heterocycles. The van der Waals surface area contributed by atoms with Crippen LogP contribution < -0.4 is 10.1 Å². The molecule has 9 heteroatoms. The van der Waals surface area contributed by atoms with E-state index in [-0.39, 0.29) is 17.6 Å². The molecule has 2 aliphatic rings. The van der Waals surface area contributed by atoms with Gasteiger partial charge in [-0.3, -0.25) is 14.6 Å². The monoisotopic (exact) mass is 540 g/mol. The van der Waals surface area contributed by atoms with E-state index in [4.69, 9.17) is 4.74 Å². The molecule has 0 aromatic heterocycles. The summed E-state index contributed by atoms with van der Waals surface area (Å²) < 4.78 is 20.1. The molecule has 0 unspecified atom stereocenters. The largest absolute Gasteiger partial charge is 0.493 e. The highest BCUT2D eigenvalue weighted by molar-refractivity contribution is 5.85. The van der Waals surface area contributed by atoms with Crippen molar-refractivity contribution in [2.75, 3.05) is 39.8 Å². The summed E-state index contributed by atoms with van der Waals surface area (Å²) in [6.07, 6.45) is 2.29. The molecule has 2 fully saturated rings. The molecule has 1 heterocycles. The number of carboxylic acid groups (broad SMARTS) is 1. The van der Waals surface area contributed by atoms with Crippen LogP contribution in [0.2, 0.25) is 0 Å². The molecule has 0 radical (unpaired) electrons. The van der Waals surface area contributed by atoms with Crippen LogP contribution >= 0.6 is 0 Å². The second-order valence-corrected chi connectivity index (χ2v) is 10.6. The lowest BCUT2D eigenvalue weighted by Crippen LogP contribution is -2.57. The van der Waals surface area contributed by atoms with Gasteiger partial charge < -0.3 is 20.1 Å². The van der Waals surface area contributed by atoms with Crippen LogP contribution in [-0.4, -0.2) is 83.7 Å². The van der Waals surface area contributed by atoms with Crippen LogP contribution in [0.25, 0.3) is 0 Å². The zero-order chi connectivity index (χ0) is 27.8. The minimum atomic E-state index is -1.17. The van der Waals surface area contributed by atoms with E-state index in [9.17, 15) is 19.1 Å². The number of nitrogens with one attached hydrogen (secondary N) is 1. The van der Waals surface area contributed by atoms with E-state index in [1.807, 2.05) is 25.1 Å². The van der Waals surface area contributed by atoms with E-state index >= 15 is 0 Å². The second kappa shape index (κ2) is 13.8. The number of halogens is 1. The van der Waals surface area contributed by atoms with Crippen molar-refractivity contribution in [1.29, 1.82) is 0 Å². The van der Waals surface area contributed by atoms with E-state index in [0.717, 1.165) is 32.2 Å². The van der Waals surface area contributed by atoms with Crippen molar-refractivity contribution in [2.45, 2.75) is 57.8 Å². The first-order chi connectivity index (χ1) is 18.9. The smallest absolute Gasteiger partial charge is 0.405 e. The van der Waals surface area contributed by atoms with Crippen molar-refractivity contribution < 1.29 is 23.8 Å². The highest BCUT2D eigenvalue weighted by Crippen LogP contribution is 2.31. The lowest BCUT2D eigenvalue weighted by Gasteiger charge is -2.40. The molecule has 1 saturated carbocycles. The third-order valence-electron chi connectivity index (χ3n) is 8.10. The molecule has 8 nitrogen and oxygen atoms in total. The van der Waals surface area contributed by atoms with Gasteiger partial charge in [0.1, 0.15) is 17.6 Å². The molecular weight excluding hydrogens is 499 g/mol. The van der Waals surface area contributed by atoms with Gasteiger partial charge in [-0.15, -0.1) is 0 Å². The molecule has 0 bridgehead atoms. The molecule has 4 rings (SSSR count). The molecule has 2 N–H and O–H groups in total. The quantitative estimate of drug-likeness (QED) is 0.470. The molecule has 1 atom stereocenters. The maximum atomic E-state index is 14.5. The van der Waals surface area contributed by atoms with Gasteiger partial charge >= 0.3 is 6.09 Å². The predicted octanol–water partition coefficient (Wildman–Crippen LogP) is 4.20. The highest BCUT2D eigenvalue weighted by Gasteiger charge is 2.37. The van der Waals surface area contributed by atoms with E-state index in [1.165, 1.54) is 11.6 Å². The van der Waals surface area contributed by atoms with Crippen LogP contribution in [0.5, 0.6) is 5.75 Å². The standard InChI is InChI=1S/C30H41FN4O4/c1-3-39-27-11-7-10-26(31)25(27)21-34-16-18-35(19-17-34)29(36)28(32-30(37)38)23-12-14-24(15-13-23)33(2)20-22-8-5-4-6-9-22/h4-11,23-24,28,32H,3,12-21H2,1-2H3,(H,37,38)/t23?,24?,28-/m1/s1. The summed E-state index contributed by atoms with van der Waals surface area (Å²) in [4.78, 5) is 31.4. The fourth-order valence-corrected chi connectivity index (χ4v) is 5.92. The van der Waals surface area contributed by atoms with Crippen LogP contribution in [0, 0.1) is 11.7 Å². The van der Waals surface area contributed by atoms with Gasteiger partial charge in [0, 0.05) is 50.9 Å². The SMILES string of the molecule is CCOc1cccc(F)c1CN1CCN(C(=O)[C@H](NC(=O)O)C2CCC(N(C)Cc3ccccc3)CC2)CC1. The van der Waals surface area contributed by atoms with Gasteiger partial charge in [0.05, 0.1) is 6.61 Å². The van der Waals surface area contributed by atoms with Crippen molar-refractivity contribution in [2.24, 2.45) is 5.92 Å². The Morgan fingerprint density at radius 2 is 1.74 bits per heavy atom. The van der Waals surface area contributed by atoms with Gasteiger partial charge in [-0.2, -0.15) is 0 Å². The molecule has 2 aromatic rings. The Kier molecular flexibility index (Phi) is 10.2. The number of rotatable bonds is 10. The van der Waals surface area contributed by atoms with Crippen molar-refractivity contribution in [3.8, 4) is 5.75 Å². The summed E-state index contributed by atoms with van der Waals surface area (Å²) in [5.74, 6) is 0.0705. The molecule has 1 aliphatic heterocycles. The predicted molar refractivity (Wildman–Crippen MR) is 148 cm³/mol. The number of nitrogens with zero attached hydrogens (tertiary/aromatic N) is 3. The maximum absolute atomic E-state index is 14.5. The lowest BCUT2D eigenvalue weighted by molar-refractivity contribution is -0.137. The average Bonchev–Trinajstić information content (AvgIpc) is 2.94. The van der Waals surface area contributed by atoms with Crippen molar-refractivity contribution >= 4 is 12.0 Å². The normalized spacial score (nSPS) is 21.0. The summed E-state index contributed by atoms with van der Waals surface area (Å²) in [6, 6.07) is 14.9. The fraction of sp³-hybridized carbons (Fsp3) is 0.533. The van der Waals surface area contributed by atoms with Gasteiger partial charge in [-0.25, -0.2) is 9.18 Å². The summed E-state index contributed by atoms with van der Waals surface area (Å²) in [5.41, 5.74) is 1.80. The molecule has 1 aliphatic carbocycles. The summed E-state index contributed by atoms with van der Waals surface area (Å²) in [5, 5.41) is 12.1. The topological polar surface area (TPSA) is 85.3 Å². The molecule has 212 valence electrons. The van der Waals surface area contributed by atoms with E-state index in [0.29, 0.717) is 56.7 Å². The first-order valence-corrected chi connectivity index (χ1v) is 14.0. The third kappa shape index (κ3) is 7.70. The number of carbonyl (C=O) groups excluding carboxylic acids is 1. The minimum Gasteiger partial charge on any atom is -0.493 e. The van der Waals surface area contributed by atoms with Crippen LogP contribution in [0.3, 0.4) is 0 Å². The number of benzene rings is 2. The van der Waals surface area contributed by atoms with E-state index in [2.05, 4.69) is 34.3 Å². The molecule has 2 amide bonds. The van der Waals surface area contributed by atoms with Crippen molar-refractivity contribution in [3.05, 3.63) is 65.5 Å². The molecule has 0 spiro atoms. The Balaban J connectivity index is 1.31. The van der Waals surface area contributed by atoms with Gasteiger partial charge in [-0.05, 0) is 63.3 Å². The van der Waals surface area contributed by atoms with Gasteiger partial charge in [-0.1, -0.05) is 36.4 Å². The number of piperazine rings is 1. The summed E-state index contributed by atoms with van der Waals surface area (Å²) >= 11 is 0. The van der Waals surface area contributed by atoms with Crippen LogP contribution in [0.4, 0.5) is 9.18 Å². The second-order valence-electron chi connectivity index (χ2n) is 10.6. The average molecular weight is 541 g/mol. The van der Waals surface area contributed by atoms with E-state index < -0.39 is 12.1 Å². The summed E-state index contributed by atoms with van der Waals surface area (Å²) in [7, 11) is 2.13. The lowest BCUT2D eigenvalue weighted by atomic mass is 9.80. The molecule has 2 aromatic carbocycles. The van der Waals surface area contributed by atoms with Crippen LogP contribution in [0.1, 0.15) is 43.7 Å². The number of amides is 2. The van der Waals surface area contributed by atoms with Gasteiger partial charge in [0.25, 0.3) is 0 Å². The fourth-order valence-electron chi connectivity index (χ4n) is 5.92. The first-order valence-electron chi connectivity index (χ1n) is 14.0. The Morgan fingerprint density at radius 1 is 1.05 bits per heavy atom. The Labute approximate surface area is 230 Å². The minimum absolute atomic E-state index is 0.0276. The third-order valence-corrected chi connectivity index (χ3v) is 8.10. The van der Waals surface area contributed by atoms with Crippen molar-refractivity contribution in [1.82, 2.24) is 20.0 Å². The van der Waals surface area contributed by atoms with Crippen LogP contribution in [-0.2, 0) is 17.9 Å². The zero-order valence-electron chi connectivity index (χ0n) is 23.0. The summed E-state index contributed by atoms with van der Waals surface area (Å²) in [6.45, 7) is 5.73. The maximum Gasteiger partial charge on any atom is 0.405 e. The number of ether oxygens (including phenoxy) is 1. The highest BCUT2D eigenvalue weighted by atomic mass is 19.1. The first kappa shape index (κ1) is 28.8. The Hall–Kier alpha value is -3.17. The number of hydrogen-bond donors (Lipinski definition) is 2. The Morgan fingerprint density at radius 3 is 2.38 bits per heavy atom. The van der Waals surface area contributed by atoms with E-state index in [1.54, 1.807) is 17.0 Å². The van der Waals surface area contributed by atoms with Gasteiger partial charge in [0.2, 0.25) is 5.91 Å². The van der Waals surface area contributed by atoms with Crippen molar-refractivity contribution in [3.63, 3.8) is 0 Å². The number of carbonyl (C=O) groups is 2. The molecule has 39 heavy (non-hydrogen) atoms. The number of hydrogen-bond acceptors (Lipinski definition) is 5. The zero-order valence-corrected chi connectivity index (χ0v) is 23.0. The van der Waals surface area contributed by atoms with Crippen LogP contribution in [0.15, 0.2) is 48.5 Å². The molecular formula is C30H41FN4O4. The Bertz CT molecular complexity index is 1090. The van der Waals surface area contributed by atoms with Gasteiger partial charge in [0.15, 0.2) is 0 Å².